The maximum atomic E-state index is 10.9. The quantitative estimate of drug-likeness (QED) is 0.758. The molecule has 0 radical (unpaired) electrons. The molecule has 0 aliphatic carbocycles. The molecule has 1 fully saturated rings. The summed E-state index contributed by atoms with van der Waals surface area (Å²) in [5, 5.41) is 9.19. The third-order valence-corrected chi connectivity index (χ3v) is 2.64. The van der Waals surface area contributed by atoms with Gasteiger partial charge in [-0.25, -0.2) is 4.79 Å². The summed E-state index contributed by atoms with van der Waals surface area (Å²) in [6.07, 6.45) is 1.07. The first kappa shape index (κ1) is 10.2. The maximum absolute atomic E-state index is 10.9. The topological polar surface area (TPSA) is 46.5 Å². The first-order valence-electron chi connectivity index (χ1n) is 5.18. The van der Waals surface area contributed by atoms with Gasteiger partial charge in [-0.3, -0.25) is 0 Å². The van der Waals surface area contributed by atoms with Gasteiger partial charge in [-0.15, -0.1) is 0 Å². The minimum Gasteiger partial charge on any atom is -0.460 e. The summed E-state index contributed by atoms with van der Waals surface area (Å²) in [6.45, 7) is 0. The average molecular weight is 206 g/mol. The third-order valence-electron chi connectivity index (χ3n) is 2.64. The molecule has 2 rings (SSSR count). The minimum absolute atomic E-state index is 0.118. The number of ether oxygens (including phenoxy) is 1. The fourth-order valence-corrected chi connectivity index (χ4v) is 1.79. The van der Waals surface area contributed by atoms with Crippen LogP contribution in [0.15, 0.2) is 30.3 Å². The van der Waals surface area contributed by atoms with Gasteiger partial charge in [-0.05, 0) is 18.4 Å². The number of carbonyl (C=O) groups is 1. The standard InChI is InChI=1S/C12H14O3/c13-11-8-10(15-12(11)14)7-6-9-4-2-1-3-5-9/h1-5,10-11,13H,6-8H2/t10-,11+/m1/s1. The van der Waals surface area contributed by atoms with Gasteiger partial charge in [0.1, 0.15) is 6.10 Å². The SMILES string of the molecule is O=C1O[C@H](CCc2ccccc2)C[C@@H]1O. The van der Waals surface area contributed by atoms with Crippen molar-refractivity contribution in [1.29, 1.82) is 0 Å². The van der Waals surface area contributed by atoms with Crippen molar-refractivity contribution in [2.24, 2.45) is 0 Å². The van der Waals surface area contributed by atoms with E-state index in [1.165, 1.54) is 5.56 Å². The summed E-state index contributed by atoms with van der Waals surface area (Å²) in [7, 11) is 0. The molecule has 0 aromatic heterocycles. The van der Waals surface area contributed by atoms with Crippen LogP contribution in [0.3, 0.4) is 0 Å². The highest BCUT2D eigenvalue weighted by molar-refractivity contribution is 5.76. The molecule has 3 nitrogen and oxygen atoms in total. The second-order valence-corrected chi connectivity index (χ2v) is 3.83. The third kappa shape index (κ3) is 2.57. The van der Waals surface area contributed by atoms with Gasteiger partial charge in [0.2, 0.25) is 0 Å². The van der Waals surface area contributed by atoms with Crippen molar-refractivity contribution in [3.63, 3.8) is 0 Å². The van der Waals surface area contributed by atoms with E-state index in [-0.39, 0.29) is 6.10 Å². The number of rotatable bonds is 3. The minimum atomic E-state index is -0.911. The van der Waals surface area contributed by atoms with E-state index in [4.69, 9.17) is 4.74 Å². The van der Waals surface area contributed by atoms with Crippen molar-refractivity contribution in [3.05, 3.63) is 35.9 Å². The van der Waals surface area contributed by atoms with Gasteiger partial charge in [0.25, 0.3) is 0 Å². The lowest BCUT2D eigenvalue weighted by molar-refractivity contribution is -0.147. The van der Waals surface area contributed by atoms with Crippen LogP contribution >= 0.6 is 0 Å². The molecular weight excluding hydrogens is 192 g/mol. The first-order chi connectivity index (χ1) is 7.25. The van der Waals surface area contributed by atoms with Crippen molar-refractivity contribution in [2.75, 3.05) is 0 Å². The van der Waals surface area contributed by atoms with E-state index in [1.807, 2.05) is 30.3 Å². The van der Waals surface area contributed by atoms with E-state index in [9.17, 15) is 9.90 Å². The first-order valence-corrected chi connectivity index (χ1v) is 5.18. The Morgan fingerprint density at radius 2 is 2.07 bits per heavy atom. The Kier molecular flexibility index (Phi) is 3.02. The summed E-state index contributed by atoms with van der Waals surface area (Å²) < 4.78 is 5.01. The second-order valence-electron chi connectivity index (χ2n) is 3.83. The van der Waals surface area contributed by atoms with Crippen LogP contribution in [0, 0.1) is 0 Å². The molecule has 1 aromatic rings. The highest BCUT2D eigenvalue weighted by Crippen LogP contribution is 2.19. The summed E-state index contributed by atoms with van der Waals surface area (Å²) in [5.74, 6) is -0.479. The molecule has 1 aliphatic heterocycles. The summed E-state index contributed by atoms with van der Waals surface area (Å²) in [6, 6.07) is 10.1. The molecular formula is C12H14O3. The molecule has 0 amide bonds. The molecule has 0 unspecified atom stereocenters. The molecule has 3 heteroatoms. The smallest absolute Gasteiger partial charge is 0.335 e. The van der Waals surface area contributed by atoms with Crippen molar-refractivity contribution in [3.8, 4) is 0 Å². The molecule has 0 saturated carbocycles. The fourth-order valence-electron chi connectivity index (χ4n) is 1.79. The Bertz CT molecular complexity index is 334. The Morgan fingerprint density at radius 1 is 1.33 bits per heavy atom. The zero-order valence-corrected chi connectivity index (χ0v) is 8.43. The number of aliphatic hydroxyl groups is 1. The summed E-state index contributed by atoms with van der Waals surface area (Å²) in [4.78, 5) is 10.9. The van der Waals surface area contributed by atoms with Crippen molar-refractivity contribution in [1.82, 2.24) is 0 Å². The zero-order valence-electron chi connectivity index (χ0n) is 8.43. The van der Waals surface area contributed by atoms with E-state index in [1.54, 1.807) is 0 Å². The highest BCUT2D eigenvalue weighted by atomic mass is 16.6. The Hall–Kier alpha value is -1.35. The lowest BCUT2D eigenvalue weighted by atomic mass is 10.0. The van der Waals surface area contributed by atoms with Crippen LogP contribution in [-0.4, -0.2) is 23.3 Å². The summed E-state index contributed by atoms with van der Waals surface area (Å²) >= 11 is 0. The van der Waals surface area contributed by atoms with Crippen LogP contribution in [-0.2, 0) is 16.0 Å². The summed E-state index contributed by atoms with van der Waals surface area (Å²) in [5.41, 5.74) is 1.23. The Balaban J connectivity index is 1.82. The molecule has 80 valence electrons. The monoisotopic (exact) mass is 206 g/mol. The number of hydrogen-bond acceptors (Lipinski definition) is 3. The predicted molar refractivity (Wildman–Crippen MR) is 55.3 cm³/mol. The molecule has 2 atom stereocenters. The molecule has 1 aromatic carbocycles. The molecule has 1 N–H and O–H groups in total. The largest absolute Gasteiger partial charge is 0.460 e. The fraction of sp³-hybridized carbons (Fsp3) is 0.417. The van der Waals surface area contributed by atoms with Gasteiger partial charge >= 0.3 is 5.97 Å². The number of carbonyl (C=O) groups excluding carboxylic acids is 1. The molecule has 1 aliphatic rings. The van der Waals surface area contributed by atoms with E-state index < -0.39 is 12.1 Å². The molecule has 0 bridgehead atoms. The van der Waals surface area contributed by atoms with E-state index in [2.05, 4.69) is 0 Å². The normalized spacial score (nSPS) is 25.3. The number of aryl methyl sites for hydroxylation is 1. The lowest BCUT2D eigenvalue weighted by Gasteiger charge is -2.07. The zero-order chi connectivity index (χ0) is 10.7. The van der Waals surface area contributed by atoms with Crippen LogP contribution in [0.1, 0.15) is 18.4 Å². The Labute approximate surface area is 88.7 Å². The average Bonchev–Trinajstić information content (AvgIpc) is 2.57. The number of benzene rings is 1. The lowest BCUT2D eigenvalue weighted by Crippen LogP contribution is -2.11. The van der Waals surface area contributed by atoms with Crippen molar-refractivity contribution < 1.29 is 14.6 Å². The van der Waals surface area contributed by atoms with Crippen LogP contribution in [0.25, 0.3) is 0 Å². The van der Waals surface area contributed by atoms with Crippen LogP contribution in [0.4, 0.5) is 0 Å². The molecule has 0 spiro atoms. The molecule has 15 heavy (non-hydrogen) atoms. The predicted octanol–water partition coefficient (Wildman–Crippen LogP) is 1.30. The van der Waals surface area contributed by atoms with Gasteiger partial charge in [0.05, 0.1) is 0 Å². The van der Waals surface area contributed by atoms with Gasteiger partial charge in [-0.2, -0.15) is 0 Å². The number of aliphatic hydroxyl groups excluding tert-OH is 1. The van der Waals surface area contributed by atoms with Crippen molar-refractivity contribution >= 4 is 5.97 Å². The molecule has 1 saturated heterocycles. The van der Waals surface area contributed by atoms with Crippen molar-refractivity contribution in [2.45, 2.75) is 31.5 Å². The van der Waals surface area contributed by atoms with Crippen LogP contribution in [0.2, 0.25) is 0 Å². The van der Waals surface area contributed by atoms with E-state index in [0.717, 1.165) is 12.8 Å². The van der Waals surface area contributed by atoms with Crippen LogP contribution < -0.4 is 0 Å². The van der Waals surface area contributed by atoms with Gasteiger partial charge < -0.3 is 9.84 Å². The molecule has 1 heterocycles. The number of cyclic esters (lactones) is 1. The highest BCUT2D eigenvalue weighted by Gasteiger charge is 2.32. The van der Waals surface area contributed by atoms with E-state index in [0.29, 0.717) is 6.42 Å². The van der Waals surface area contributed by atoms with Gasteiger partial charge in [0, 0.05) is 6.42 Å². The number of esters is 1. The maximum Gasteiger partial charge on any atom is 0.335 e. The van der Waals surface area contributed by atoms with Gasteiger partial charge in [0.15, 0.2) is 6.10 Å². The Morgan fingerprint density at radius 3 is 2.67 bits per heavy atom. The van der Waals surface area contributed by atoms with E-state index >= 15 is 0 Å². The number of hydrogen-bond donors (Lipinski definition) is 1. The van der Waals surface area contributed by atoms with Gasteiger partial charge in [-0.1, -0.05) is 30.3 Å². The van der Waals surface area contributed by atoms with Crippen LogP contribution in [0.5, 0.6) is 0 Å². The second kappa shape index (κ2) is 4.45.